The van der Waals surface area contributed by atoms with E-state index in [9.17, 15) is 9.59 Å². The summed E-state index contributed by atoms with van der Waals surface area (Å²) in [7, 11) is 0. The highest BCUT2D eigenvalue weighted by Crippen LogP contribution is 2.32. The van der Waals surface area contributed by atoms with Gasteiger partial charge in [-0.05, 0) is 37.0 Å². The Morgan fingerprint density at radius 1 is 1.25 bits per heavy atom. The first-order chi connectivity index (χ1) is 11.6. The molecule has 2 amide bonds. The Kier molecular flexibility index (Phi) is 5.66. The minimum Gasteiger partial charge on any atom is -0.481 e. The summed E-state index contributed by atoms with van der Waals surface area (Å²) < 4.78 is 0. The number of carbonyl (C=O) groups is 2. The lowest BCUT2D eigenvalue weighted by Crippen LogP contribution is -2.33. The maximum Gasteiger partial charge on any atom is 0.321 e. The normalized spacial score (nSPS) is 21.2. The summed E-state index contributed by atoms with van der Waals surface area (Å²) in [5.74, 6) is -0.291. The molecule has 3 rings (SSSR count). The third-order valence-electron chi connectivity index (χ3n) is 4.79. The van der Waals surface area contributed by atoms with Gasteiger partial charge in [-0.2, -0.15) is 11.8 Å². The van der Waals surface area contributed by atoms with Crippen molar-refractivity contribution in [1.82, 2.24) is 4.90 Å². The Balaban J connectivity index is 1.52. The zero-order valence-electron chi connectivity index (χ0n) is 13.7. The highest BCUT2D eigenvalue weighted by atomic mass is 32.2. The van der Waals surface area contributed by atoms with Crippen LogP contribution in [0, 0.1) is 5.92 Å². The summed E-state index contributed by atoms with van der Waals surface area (Å²) in [4.78, 5) is 24.9. The molecule has 2 fully saturated rings. The minimum atomic E-state index is -0.823. The fourth-order valence-electron chi connectivity index (χ4n) is 3.36. The van der Waals surface area contributed by atoms with Crippen molar-refractivity contribution in [2.75, 3.05) is 18.4 Å². The molecule has 0 aromatic heterocycles. The smallest absolute Gasteiger partial charge is 0.321 e. The molecule has 1 aliphatic heterocycles. The van der Waals surface area contributed by atoms with Crippen LogP contribution in [0.1, 0.15) is 37.7 Å². The average molecular weight is 348 g/mol. The Labute approximate surface area is 146 Å². The van der Waals surface area contributed by atoms with E-state index in [4.69, 9.17) is 5.11 Å². The van der Waals surface area contributed by atoms with Gasteiger partial charge in [0.1, 0.15) is 0 Å². The number of likely N-dealkylation sites (tertiary alicyclic amines) is 1. The van der Waals surface area contributed by atoms with Crippen molar-refractivity contribution in [1.29, 1.82) is 0 Å². The van der Waals surface area contributed by atoms with Gasteiger partial charge in [0.15, 0.2) is 0 Å². The Hall–Kier alpha value is -1.69. The van der Waals surface area contributed by atoms with Gasteiger partial charge in [-0.25, -0.2) is 4.79 Å². The van der Waals surface area contributed by atoms with Gasteiger partial charge < -0.3 is 15.3 Å². The van der Waals surface area contributed by atoms with Crippen LogP contribution in [0.2, 0.25) is 0 Å². The van der Waals surface area contributed by atoms with Crippen molar-refractivity contribution in [2.45, 2.75) is 43.1 Å². The number of urea groups is 1. The molecular formula is C18H24N2O3S. The van der Waals surface area contributed by atoms with Gasteiger partial charge in [0.05, 0.1) is 5.92 Å². The third kappa shape index (κ3) is 4.44. The highest BCUT2D eigenvalue weighted by Gasteiger charge is 2.30. The number of carbonyl (C=O) groups excluding carboxylic acids is 1. The molecule has 130 valence electrons. The van der Waals surface area contributed by atoms with Gasteiger partial charge in [-0.1, -0.05) is 25.0 Å². The second-order valence-corrected chi connectivity index (χ2v) is 7.91. The molecule has 0 bridgehead atoms. The van der Waals surface area contributed by atoms with Gasteiger partial charge in [0.25, 0.3) is 0 Å². The number of thioether (sulfide) groups is 1. The molecule has 1 saturated heterocycles. The van der Waals surface area contributed by atoms with Crippen LogP contribution in [0.4, 0.5) is 10.5 Å². The highest BCUT2D eigenvalue weighted by molar-refractivity contribution is 7.99. The molecule has 1 saturated carbocycles. The van der Waals surface area contributed by atoms with E-state index in [2.05, 4.69) is 11.4 Å². The lowest BCUT2D eigenvalue weighted by atomic mass is 10.1. The zero-order chi connectivity index (χ0) is 16.9. The first kappa shape index (κ1) is 17.1. The molecule has 5 nitrogen and oxygen atoms in total. The summed E-state index contributed by atoms with van der Waals surface area (Å²) in [6, 6.07) is 7.74. The molecule has 24 heavy (non-hydrogen) atoms. The van der Waals surface area contributed by atoms with Gasteiger partial charge in [0.2, 0.25) is 0 Å². The van der Waals surface area contributed by atoms with Gasteiger partial charge in [-0.15, -0.1) is 0 Å². The van der Waals surface area contributed by atoms with Gasteiger partial charge in [-0.3, -0.25) is 4.79 Å². The van der Waals surface area contributed by atoms with E-state index in [1.807, 2.05) is 30.0 Å². The number of carboxylic acids is 1. The van der Waals surface area contributed by atoms with Crippen LogP contribution in [0.25, 0.3) is 0 Å². The SMILES string of the molecule is O=C(O)C1CCN(C(=O)Nc2cccc(CSC3CCCC3)c2)C1. The Morgan fingerprint density at radius 3 is 2.75 bits per heavy atom. The van der Waals surface area contributed by atoms with E-state index in [1.165, 1.54) is 31.2 Å². The van der Waals surface area contributed by atoms with E-state index in [1.54, 1.807) is 4.90 Å². The van der Waals surface area contributed by atoms with Crippen molar-refractivity contribution in [2.24, 2.45) is 5.92 Å². The topological polar surface area (TPSA) is 69.6 Å². The molecule has 1 aliphatic carbocycles. The fourth-order valence-corrected chi connectivity index (χ4v) is 4.63. The van der Waals surface area contributed by atoms with Crippen LogP contribution in [0.5, 0.6) is 0 Å². The number of nitrogens with one attached hydrogen (secondary N) is 1. The standard InChI is InChI=1S/C18H24N2O3S/c21-17(22)14-8-9-20(11-14)18(23)19-15-5-3-4-13(10-15)12-24-16-6-1-2-7-16/h3-5,10,14,16H,1-2,6-9,11-12H2,(H,19,23)(H,21,22). The number of nitrogens with zero attached hydrogens (tertiary/aromatic N) is 1. The number of aliphatic carboxylic acids is 1. The van der Waals surface area contributed by atoms with E-state index in [0.29, 0.717) is 19.5 Å². The third-order valence-corrected chi connectivity index (χ3v) is 6.23. The van der Waals surface area contributed by atoms with Gasteiger partial charge in [0, 0.05) is 29.8 Å². The molecule has 6 heteroatoms. The van der Waals surface area contributed by atoms with Crippen molar-refractivity contribution < 1.29 is 14.7 Å². The molecule has 2 aliphatic rings. The number of benzene rings is 1. The van der Waals surface area contributed by atoms with E-state index in [0.717, 1.165) is 16.7 Å². The van der Waals surface area contributed by atoms with Crippen LogP contribution < -0.4 is 5.32 Å². The second kappa shape index (κ2) is 7.92. The molecular weight excluding hydrogens is 324 g/mol. The average Bonchev–Trinajstić information content (AvgIpc) is 3.25. The van der Waals surface area contributed by atoms with Gasteiger partial charge >= 0.3 is 12.0 Å². The molecule has 1 heterocycles. The summed E-state index contributed by atoms with van der Waals surface area (Å²) >= 11 is 2.01. The maximum atomic E-state index is 12.3. The molecule has 1 unspecified atom stereocenters. The Morgan fingerprint density at radius 2 is 2.04 bits per heavy atom. The lowest BCUT2D eigenvalue weighted by Gasteiger charge is -2.17. The second-order valence-electron chi connectivity index (χ2n) is 6.62. The quantitative estimate of drug-likeness (QED) is 0.849. The number of anilines is 1. The van der Waals surface area contributed by atoms with Crippen molar-refractivity contribution in [3.8, 4) is 0 Å². The van der Waals surface area contributed by atoms with Crippen molar-refractivity contribution >= 4 is 29.4 Å². The minimum absolute atomic E-state index is 0.209. The molecule has 2 N–H and O–H groups in total. The number of amides is 2. The number of rotatable bonds is 5. The largest absolute Gasteiger partial charge is 0.481 e. The maximum absolute atomic E-state index is 12.3. The number of hydrogen-bond donors (Lipinski definition) is 2. The predicted octanol–water partition coefficient (Wildman–Crippen LogP) is 3.80. The Bertz CT molecular complexity index is 602. The van der Waals surface area contributed by atoms with Crippen molar-refractivity contribution in [3.63, 3.8) is 0 Å². The van der Waals surface area contributed by atoms with Crippen LogP contribution in [0.3, 0.4) is 0 Å². The molecule has 0 radical (unpaired) electrons. The summed E-state index contributed by atoms with van der Waals surface area (Å²) in [5.41, 5.74) is 2.00. The number of hydrogen-bond acceptors (Lipinski definition) is 3. The number of carboxylic acid groups (broad SMARTS) is 1. The van der Waals surface area contributed by atoms with Crippen LogP contribution >= 0.6 is 11.8 Å². The van der Waals surface area contributed by atoms with Crippen LogP contribution in [-0.4, -0.2) is 40.3 Å². The summed E-state index contributed by atoms with van der Waals surface area (Å²) in [6.07, 6.45) is 5.87. The van der Waals surface area contributed by atoms with Crippen LogP contribution in [0.15, 0.2) is 24.3 Å². The fraction of sp³-hybridized carbons (Fsp3) is 0.556. The molecule has 1 atom stereocenters. The zero-order valence-corrected chi connectivity index (χ0v) is 14.6. The first-order valence-corrected chi connectivity index (χ1v) is 9.66. The molecule has 1 aromatic rings. The van der Waals surface area contributed by atoms with E-state index < -0.39 is 11.9 Å². The predicted molar refractivity (Wildman–Crippen MR) is 96.3 cm³/mol. The summed E-state index contributed by atoms with van der Waals surface area (Å²) in [5, 5.41) is 12.7. The molecule has 1 aromatic carbocycles. The monoisotopic (exact) mass is 348 g/mol. The van der Waals surface area contributed by atoms with Crippen molar-refractivity contribution in [3.05, 3.63) is 29.8 Å². The van der Waals surface area contributed by atoms with E-state index in [-0.39, 0.29) is 6.03 Å². The first-order valence-electron chi connectivity index (χ1n) is 8.61. The van der Waals surface area contributed by atoms with E-state index >= 15 is 0 Å². The molecule has 0 spiro atoms. The lowest BCUT2D eigenvalue weighted by molar-refractivity contribution is -0.141. The van der Waals surface area contributed by atoms with Crippen LogP contribution in [-0.2, 0) is 10.5 Å². The summed E-state index contributed by atoms with van der Waals surface area (Å²) in [6.45, 7) is 0.790.